The fourth-order valence-electron chi connectivity index (χ4n) is 1.86. The van der Waals surface area contributed by atoms with Crippen LogP contribution in [-0.4, -0.2) is 37.0 Å². The van der Waals surface area contributed by atoms with Crippen LogP contribution in [0.4, 0.5) is 4.79 Å². The minimum atomic E-state index is -0.307. The summed E-state index contributed by atoms with van der Waals surface area (Å²) in [6.45, 7) is 6.66. The molecule has 0 heterocycles. The Morgan fingerprint density at radius 3 is 2.25 bits per heavy atom. The molecule has 1 rings (SSSR count). The average molecular weight is 334 g/mol. The summed E-state index contributed by atoms with van der Waals surface area (Å²) >= 11 is 0. The van der Waals surface area contributed by atoms with Crippen LogP contribution in [0.2, 0.25) is 0 Å². The smallest absolute Gasteiger partial charge is 0.315 e. The lowest BCUT2D eigenvalue weighted by molar-refractivity contribution is -0.120. The predicted molar refractivity (Wildman–Crippen MR) is 92.6 cm³/mol. The molecule has 0 spiro atoms. The van der Waals surface area contributed by atoms with Gasteiger partial charge < -0.3 is 21.3 Å². The molecule has 0 unspecified atom stereocenters. The van der Waals surface area contributed by atoms with Gasteiger partial charge in [0.15, 0.2) is 0 Å². The minimum absolute atomic E-state index is 0.0441. The lowest BCUT2D eigenvalue weighted by atomic mass is 10.1. The number of carbonyl (C=O) groups is 3. The molecule has 1 aromatic rings. The Morgan fingerprint density at radius 2 is 1.67 bits per heavy atom. The maximum absolute atomic E-state index is 12.0. The van der Waals surface area contributed by atoms with E-state index in [1.54, 1.807) is 24.3 Å². The third-order valence-electron chi connectivity index (χ3n) is 3.07. The fraction of sp³-hybridized carbons (Fsp3) is 0.471. The van der Waals surface area contributed by atoms with Crippen LogP contribution in [0.5, 0.6) is 0 Å². The monoisotopic (exact) mass is 334 g/mol. The summed E-state index contributed by atoms with van der Waals surface area (Å²) in [5.41, 5.74) is 1.35. The summed E-state index contributed by atoms with van der Waals surface area (Å²) in [6.07, 6.45) is 0.852. The lowest BCUT2D eigenvalue weighted by Crippen LogP contribution is -2.39. The quantitative estimate of drug-likeness (QED) is 0.574. The maximum atomic E-state index is 12.0. The number of benzene rings is 1. The van der Waals surface area contributed by atoms with Gasteiger partial charge in [-0.15, -0.1) is 0 Å². The van der Waals surface area contributed by atoms with Crippen molar-refractivity contribution < 1.29 is 14.4 Å². The zero-order chi connectivity index (χ0) is 17.9. The molecule has 0 radical (unpaired) electrons. The Morgan fingerprint density at radius 1 is 1.00 bits per heavy atom. The summed E-state index contributed by atoms with van der Waals surface area (Å²) in [6, 6.07) is 6.70. The van der Waals surface area contributed by atoms with Gasteiger partial charge in [0.25, 0.3) is 5.91 Å². The van der Waals surface area contributed by atoms with E-state index in [1.807, 2.05) is 20.8 Å². The summed E-state index contributed by atoms with van der Waals surface area (Å²) in [4.78, 5) is 34.9. The molecule has 0 fully saturated rings. The van der Waals surface area contributed by atoms with Crippen molar-refractivity contribution in [3.63, 3.8) is 0 Å². The highest BCUT2D eigenvalue weighted by molar-refractivity contribution is 5.96. The molecular formula is C17H26N4O3. The zero-order valence-corrected chi connectivity index (χ0v) is 14.4. The van der Waals surface area contributed by atoms with Crippen molar-refractivity contribution in [3.05, 3.63) is 35.4 Å². The van der Waals surface area contributed by atoms with Crippen LogP contribution in [0, 0.1) is 0 Å². The van der Waals surface area contributed by atoms with E-state index < -0.39 is 0 Å². The van der Waals surface area contributed by atoms with Gasteiger partial charge in [0.1, 0.15) is 0 Å². The number of nitrogens with one attached hydrogen (secondary N) is 4. The molecule has 132 valence electrons. The van der Waals surface area contributed by atoms with Gasteiger partial charge in [0.05, 0.1) is 6.54 Å². The van der Waals surface area contributed by atoms with Gasteiger partial charge in [-0.3, -0.25) is 9.59 Å². The molecular weight excluding hydrogens is 308 g/mol. The van der Waals surface area contributed by atoms with Crippen molar-refractivity contribution in [3.8, 4) is 0 Å². The minimum Gasteiger partial charge on any atom is -0.355 e. The van der Waals surface area contributed by atoms with E-state index in [-0.39, 0.29) is 30.4 Å². The molecule has 0 aliphatic carbocycles. The van der Waals surface area contributed by atoms with Crippen molar-refractivity contribution in [2.75, 3.05) is 13.1 Å². The van der Waals surface area contributed by atoms with E-state index in [0.29, 0.717) is 18.7 Å². The SMILES string of the molecule is CCCNC(=O)CNC(=O)c1ccc(CNC(=O)NC(C)C)cc1. The standard InChI is InChI=1S/C17H26N4O3/c1-4-9-18-15(22)11-19-16(23)14-7-5-13(6-8-14)10-20-17(24)21-12(2)3/h5-8,12H,4,9-11H2,1-3H3,(H,18,22)(H,19,23)(H2,20,21,24). The van der Waals surface area contributed by atoms with Gasteiger partial charge in [0.2, 0.25) is 5.91 Å². The van der Waals surface area contributed by atoms with Gasteiger partial charge in [0, 0.05) is 24.7 Å². The Hall–Kier alpha value is -2.57. The van der Waals surface area contributed by atoms with Crippen LogP contribution in [0.25, 0.3) is 0 Å². The van der Waals surface area contributed by atoms with Gasteiger partial charge >= 0.3 is 6.03 Å². The lowest BCUT2D eigenvalue weighted by Gasteiger charge is -2.10. The second-order valence-electron chi connectivity index (χ2n) is 5.71. The Labute approximate surface area is 142 Å². The molecule has 0 atom stereocenters. The van der Waals surface area contributed by atoms with E-state index in [2.05, 4.69) is 21.3 Å². The number of carbonyl (C=O) groups excluding carboxylic acids is 3. The van der Waals surface area contributed by atoms with Crippen molar-refractivity contribution >= 4 is 17.8 Å². The summed E-state index contributed by atoms with van der Waals surface area (Å²) < 4.78 is 0. The van der Waals surface area contributed by atoms with Crippen molar-refractivity contribution in [1.29, 1.82) is 0 Å². The van der Waals surface area contributed by atoms with E-state index in [1.165, 1.54) is 0 Å². The fourth-order valence-corrected chi connectivity index (χ4v) is 1.86. The van der Waals surface area contributed by atoms with Crippen molar-refractivity contribution in [1.82, 2.24) is 21.3 Å². The average Bonchev–Trinajstić information content (AvgIpc) is 2.55. The Balaban J connectivity index is 2.41. The molecule has 0 aliphatic heterocycles. The number of rotatable bonds is 8. The highest BCUT2D eigenvalue weighted by Crippen LogP contribution is 2.04. The molecule has 7 heteroatoms. The van der Waals surface area contributed by atoms with Gasteiger partial charge in [-0.2, -0.15) is 0 Å². The first-order chi connectivity index (χ1) is 11.4. The van der Waals surface area contributed by atoms with E-state index in [9.17, 15) is 14.4 Å². The van der Waals surface area contributed by atoms with E-state index in [4.69, 9.17) is 0 Å². The van der Waals surface area contributed by atoms with Gasteiger partial charge in [-0.05, 0) is 38.0 Å². The molecule has 0 aromatic heterocycles. The number of hydrogen-bond donors (Lipinski definition) is 4. The Bertz CT molecular complexity index is 555. The van der Waals surface area contributed by atoms with Crippen LogP contribution in [0.1, 0.15) is 43.1 Å². The van der Waals surface area contributed by atoms with Crippen LogP contribution in [-0.2, 0) is 11.3 Å². The van der Waals surface area contributed by atoms with Crippen LogP contribution >= 0.6 is 0 Å². The first-order valence-corrected chi connectivity index (χ1v) is 8.10. The van der Waals surface area contributed by atoms with E-state index >= 15 is 0 Å². The number of hydrogen-bond acceptors (Lipinski definition) is 3. The highest BCUT2D eigenvalue weighted by Gasteiger charge is 2.08. The second-order valence-corrected chi connectivity index (χ2v) is 5.71. The molecule has 0 saturated heterocycles. The molecule has 1 aromatic carbocycles. The van der Waals surface area contributed by atoms with Crippen LogP contribution in [0.3, 0.4) is 0 Å². The van der Waals surface area contributed by atoms with Gasteiger partial charge in [-0.25, -0.2) is 4.79 Å². The predicted octanol–water partition coefficient (Wildman–Crippen LogP) is 1.15. The third-order valence-corrected chi connectivity index (χ3v) is 3.07. The first-order valence-electron chi connectivity index (χ1n) is 8.10. The summed E-state index contributed by atoms with van der Waals surface area (Å²) in [5.74, 6) is -0.513. The molecule has 7 nitrogen and oxygen atoms in total. The maximum Gasteiger partial charge on any atom is 0.315 e. The third kappa shape index (κ3) is 7.62. The Kier molecular flexibility index (Phi) is 8.32. The van der Waals surface area contributed by atoms with Gasteiger partial charge in [-0.1, -0.05) is 19.1 Å². The van der Waals surface area contributed by atoms with E-state index in [0.717, 1.165) is 12.0 Å². The normalized spacial score (nSPS) is 10.2. The van der Waals surface area contributed by atoms with Crippen LogP contribution < -0.4 is 21.3 Å². The largest absolute Gasteiger partial charge is 0.355 e. The van der Waals surface area contributed by atoms with Crippen molar-refractivity contribution in [2.45, 2.75) is 39.8 Å². The number of amides is 4. The zero-order valence-electron chi connectivity index (χ0n) is 14.4. The van der Waals surface area contributed by atoms with Crippen LogP contribution in [0.15, 0.2) is 24.3 Å². The first kappa shape index (κ1) is 19.5. The summed E-state index contributed by atoms with van der Waals surface area (Å²) in [5, 5.41) is 10.7. The molecule has 0 saturated carbocycles. The molecule has 4 amide bonds. The summed E-state index contributed by atoms with van der Waals surface area (Å²) in [7, 11) is 0. The second kappa shape index (κ2) is 10.3. The number of urea groups is 1. The molecule has 4 N–H and O–H groups in total. The topological polar surface area (TPSA) is 99.3 Å². The molecule has 24 heavy (non-hydrogen) atoms. The highest BCUT2D eigenvalue weighted by atomic mass is 16.2. The molecule has 0 aliphatic rings. The molecule has 0 bridgehead atoms. The van der Waals surface area contributed by atoms with Crippen molar-refractivity contribution in [2.24, 2.45) is 0 Å².